The third-order valence-electron chi connectivity index (χ3n) is 2.42. The quantitative estimate of drug-likeness (QED) is 0.577. The highest BCUT2D eigenvalue weighted by Crippen LogP contribution is 1.99. The van der Waals surface area contributed by atoms with Crippen LogP contribution in [0.25, 0.3) is 0 Å². The molecule has 1 unspecified atom stereocenters. The number of nitrogens with zero attached hydrogens (tertiary/aromatic N) is 1. The monoisotopic (exact) mass is 232 g/mol. The summed E-state index contributed by atoms with van der Waals surface area (Å²) in [6.45, 7) is 4.77. The van der Waals surface area contributed by atoms with Crippen LogP contribution in [-0.4, -0.2) is 57.4 Å². The van der Waals surface area contributed by atoms with Crippen LogP contribution in [0.4, 0.5) is 0 Å². The SMILES string of the molecule is CCOC(CN)CCN(C)CCC(=O)OC. The number of hydrogen-bond donors (Lipinski definition) is 1. The molecule has 0 heterocycles. The van der Waals surface area contributed by atoms with E-state index in [-0.39, 0.29) is 12.1 Å². The smallest absolute Gasteiger partial charge is 0.306 e. The largest absolute Gasteiger partial charge is 0.469 e. The molecule has 0 aliphatic rings. The van der Waals surface area contributed by atoms with E-state index < -0.39 is 0 Å². The first-order valence-corrected chi connectivity index (χ1v) is 5.71. The van der Waals surface area contributed by atoms with Gasteiger partial charge in [-0.15, -0.1) is 0 Å². The highest BCUT2D eigenvalue weighted by atomic mass is 16.5. The molecule has 0 saturated carbocycles. The molecule has 16 heavy (non-hydrogen) atoms. The summed E-state index contributed by atoms with van der Waals surface area (Å²) in [6.07, 6.45) is 1.43. The van der Waals surface area contributed by atoms with Gasteiger partial charge in [-0.05, 0) is 20.4 Å². The van der Waals surface area contributed by atoms with Gasteiger partial charge in [-0.1, -0.05) is 0 Å². The van der Waals surface area contributed by atoms with Crippen LogP contribution in [-0.2, 0) is 14.3 Å². The Balaban J connectivity index is 3.62. The number of hydrogen-bond acceptors (Lipinski definition) is 5. The number of rotatable bonds is 9. The average Bonchev–Trinajstić information content (AvgIpc) is 2.31. The van der Waals surface area contributed by atoms with Crippen LogP contribution >= 0.6 is 0 Å². The second-order valence-corrected chi connectivity index (χ2v) is 3.73. The minimum Gasteiger partial charge on any atom is -0.469 e. The van der Waals surface area contributed by atoms with Crippen molar-refractivity contribution in [2.45, 2.75) is 25.9 Å². The molecule has 0 aliphatic heterocycles. The third-order valence-corrected chi connectivity index (χ3v) is 2.42. The van der Waals surface area contributed by atoms with Crippen LogP contribution in [0.2, 0.25) is 0 Å². The Morgan fingerprint density at radius 1 is 1.44 bits per heavy atom. The van der Waals surface area contributed by atoms with Crippen molar-refractivity contribution < 1.29 is 14.3 Å². The zero-order chi connectivity index (χ0) is 12.4. The van der Waals surface area contributed by atoms with Crippen LogP contribution in [0.3, 0.4) is 0 Å². The minimum absolute atomic E-state index is 0.116. The summed E-state index contributed by atoms with van der Waals surface area (Å²) in [5.41, 5.74) is 5.57. The molecule has 0 aromatic heterocycles. The maximum absolute atomic E-state index is 10.9. The molecule has 0 amide bonds. The van der Waals surface area contributed by atoms with Crippen LogP contribution in [0.15, 0.2) is 0 Å². The lowest BCUT2D eigenvalue weighted by molar-refractivity contribution is -0.140. The molecule has 0 fully saturated rings. The number of ether oxygens (including phenoxy) is 2. The molecule has 5 nitrogen and oxygen atoms in total. The molecule has 0 aromatic rings. The Labute approximate surface area is 97.9 Å². The zero-order valence-electron chi connectivity index (χ0n) is 10.6. The zero-order valence-corrected chi connectivity index (χ0v) is 10.6. The standard InChI is InChI=1S/C11H24N2O3/c1-4-16-10(9-12)5-7-13(2)8-6-11(14)15-3/h10H,4-9,12H2,1-3H3. The molecule has 0 aromatic carbocycles. The Hall–Kier alpha value is -0.650. The first-order chi connectivity index (χ1) is 7.63. The van der Waals surface area contributed by atoms with E-state index in [0.717, 1.165) is 13.0 Å². The van der Waals surface area contributed by atoms with Gasteiger partial charge < -0.3 is 20.1 Å². The lowest BCUT2D eigenvalue weighted by Crippen LogP contribution is -2.30. The summed E-state index contributed by atoms with van der Waals surface area (Å²) >= 11 is 0. The van der Waals surface area contributed by atoms with Gasteiger partial charge >= 0.3 is 5.97 Å². The molecule has 96 valence electrons. The summed E-state index contributed by atoms with van der Waals surface area (Å²) in [5, 5.41) is 0. The maximum atomic E-state index is 10.9. The molecule has 0 aliphatic carbocycles. The van der Waals surface area contributed by atoms with Crippen molar-refractivity contribution >= 4 is 5.97 Å². The second-order valence-electron chi connectivity index (χ2n) is 3.73. The molecule has 0 spiro atoms. The predicted molar refractivity (Wildman–Crippen MR) is 63.2 cm³/mol. The molecule has 1 atom stereocenters. The lowest BCUT2D eigenvalue weighted by atomic mass is 10.2. The molecule has 2 N–H and O–H groups in total. The van der Waals surface area contributed by atoms with Crippen molar-refractivity contribution in [1.82, 2.24) is 4.90 Å². The summed E-state index contributed by atoms with van der Waals surface area (Å²) in [4.78, 5) is 13.0. The first kappa shape index (κ1) is 15.3. The fourth-order valence-electron chi connectivity index (χ4n) is 1.37. The van der Waals surface area contributed by atoms with Gasteiger partial charge in [0.05, 0.1) is 19.6 Å². The van der Waals surface area contributed by atoms with Crippen molar-refractivity contribution in [3.63, 3.8) is 0 Å². The van der Waals surface area contributed by atoms with Gasteiger partial charge in [0, 0.05) is 26.2 Å². The van der Waals surface area contributed by atoms with Gasteiger partial charge in [0.1, 0.15) is 0 Å². The first-order valence-electron chi connectivity index (χ1n) is 5.71. The van der Waals surface area contributed by atoms with Crippen molar-refractivity contribution in [1.29, 1.82) is 0 Å². The van der Waals surface area contributed by atoms with E-state index in [9.17, 15) is 4.79 Å². The van der Waals surface area contributed by atoms with E-state index in [1.54, 1.807) is 0 Å². The summed E-state index contributed by atoms with van der Waals surface area (Å²) in [7, 11) is 3.38. The van der Waals surface area contributed by atoms with E-state index in [2.05, 4.69) is 9.64 Å². The van der Waals surface area contributed by atoms with Gasteiger partial charge in [0.25, 0.3) is 0 Å². The van der Waals surface area contributed by atoms with Crippen LogP contribution < -0.4 is 5.73 Å². The number of methoxy groups -OCH3 is 1. The van der Waals surface area contributed by atoms with Gasteiger partial charge in [0.2, 0.25) is 0 Å². The Bertz CT molecular complexity index is 188. The molecular formula is C11H24N2O3. The number of esters is 1. The van der Waals surface area contributed by atoms with Crippen LogP contribution in [0.5, 0.6) is 0 Å². The predicted octanol–water partition coefficient (Wildman–Crippen LogP) is 0.235. The molecule has 0 rings (SSSR count). The average molecular weight is 232 g/mol. The highest BCUT2D eigenvalue weighted by Gasteiger charge is 2.09. The van der Waals surface area contributed by atoms with Gasteiger partial charge in [-0.25, -0.2) is 0 Å². The topological polar surface area (TPSA) is 64.8 Å². The van der Waals surface area contributed by atoms with Crippen molar-refractivity contribution in [3.05, 3.63) is 0 Å². The number of nitrogens with two attached hydrogens (primary N) is 1. The lowest BCUT2D eigenvalue weighted by Gasteiger charge is -2.20. The van der Waals surface area contributed by atoms with Gasteiger partial charge in [-0.3, -0.25) is 4.79 Å². The summed E-state index contributed by atoms with van der Waals surface area (Å²) in [5.74, 6) is -0.174. The van der Waals surface area contributed by atoms with E-state index in [1.807, 2.05) is 14.0 Å². The highest BCUT2D eigenvalue weighted by molar-refractivity contribution is 5.69. The molecule has 5 heteroatoms. The van der Waals surface area contributed by atoms with E-state index in [4.69, 9.17) is 10.5 Å². The fraction of sp³-hybridized carbons (Fsp3) is 0.909. The second kappa shape index (κ2) is 9.57. The van der Waals surface area contributed by atoms with E-state index in [1.165, 1.54) is 7.11 Å². The maximum Gasteiger partial charge on any atom is 0.306 e. The molecule has 0 radical (unpaired) electrons. The third kappa shape index (κ3) is 7.62. The summed E-state index contributed by atoms with van der Waals surface area (Å²) < 4.78 is 10.0. The fourth-order valence-corrected chi connectivity index (χ4v) is 1.37. The minimum atomic E-state index is -0.174. The van der Waals surface area contributed by atoms with E-state index in [0.29, 0.717) is 26.1 Å². The van der Waals surface area contributed by atoms with Gasteiger partial charge in [0.15, 0.2) is 0 Å². The molecule has 0 saturated heterocycles. The molecular weight excluding hydrogens is 208 g/mol. The van der Waals surface area contributed by atoms with Gasteiger partial charge in [-0.2, -0.15) is 0 Å². The number of carbonyl (C=O) groups is 1. The Kier molecular flexibility index (Phi) is 9.18. The summed E-state index contributed by atoms with van der Waals surface area (Å²) in [6, 6.07) is 0. The van der Waals surface area contributed by atoms with Crippen molar-refractivity contribution in [2.75, 3.05) is 40.4 Å². The number of carbonyl (C=O) groups excluding carboxylic acids is 1. The van der Waals surface area contributed by atoms with Crippen LogP contribution in [0.1, 0.15) is 19.8 Å². The Morgan fingerprint density at radius 3 is 2.62 bits per heavy atom. The molecule has 0 bridgehead atoms. The van der Waals surface area contributed by atoms with Crippen LogP contribution in [0, 0.1) is 0 Å². The normalized spacial score (nSPS) is 12.8. The Morgan fingerprint density at radius 2 is 2.12 bits per heavy atom. The van der Waals surface area contributed by atoms with Crippen molar-refractivity contribution in [2.24, 2.45) is 5.73 Å². The van der Waals surface area contributed by atoms with E-state index >= 15 is 0 Å². The van der Waals surface area contributed by atoms with Crippen molar-refractivity contribution in [3.8, 4) is 0 Å².